The van der Waals surface area contributed by atoms with Crippen molar-refractivity contribution >= 4 is 28.8 Å². The number of hydrogen-bond donors (Lipinski definition) is 1. The fourth-order valence-electron chi connectivity index (χ4n) is 1.24. The zero-order valence-corrected chi connectivity index (χ0v) is 10.7. The first kappa shape index (κ1) is 11.3. The summed E-state index contributed by atoms with van der Waals surface area (Å²) in [6.45, 7) is 1.99. The molecule has 0 amide bonds. The average Bonchev–Trinajstić information content (AvgIpc) is 2.67. The van der Waals surface area contributed by atoms with Crippen LogP contribution in [0.2, 0.25) is 0 Å². The molecule has 1 heterocycles. The quantitative estimate of drug-likeness (QED) is 0.852. The second-order valence-electron chi connectivity index (χ2n) is 3.26. The lowest BCUT2D eigenvalue weighted by Crippen LogP contribution is -1.91. The number of methoxy groups -OCH3 is 1. The van der Waals surface area contributed by atoms with Crippen LogP contribution in [0.25, 0.3) is 0 Å². The van der Waals surface area contributed by atoms with E-state index in [4.69, 9.17) is 10.5 Å². The van der Waals surface area contributed by atoms with Crippen molar-refractivity contribution in [2.24, 2.45) is 0 Å². The van der Waals surface area contributed by atoms with Crippen LogP contribution in [0, 0.1) is 6.92 Å². The molecule has 0 fully saturated rings. The highest BCUT2D eigenvalue weighted by Crippen LogP contribution is 2.34. The van der Waals surface area contributed by atoms with Gasteiger partial charge in [0.25, 0.3) is 0 Å². The van der Waals surface area contributed by atoms with Gasteiger partial charge in [0.1, 0.15) is 5.75 Å². The van der Waals surface area contributed by atoms with Crippen molar-refractivity contribution in [2.75, 3.05) is 12.8 Å². The minimum Gasteiger partial charge on any atom is -0.495 e. The Kier molecular flexibility index (Phi) is 3.36. The molecule has 0 saturated heterocycles. The molecule has 16 heavy (non-hydrogen) atoms. The van der Waals surface area contributed by atoms with E-state index in [1.165, 1.54) is 0 Å². The Bertz CT molecular complexity index is 496. The Labute approximate surface area is 103 Å². The zero-order chi connectivity index (χ0) is 11.5. The third kappa shape index (κ3) is 2.48. The number of hydrogen-bond acceptors (Lipinski definition) is 5. The Morgan fingerprint density at radius 3 is 2.88 bits per heavy atom. The van der Waals surface area contributed by atoms with Crippen molar-refractivity contribution in [1.82, 2.24) is 4.98 Å². The lowest BCUT2D eigenvalue weighted by atomic mass is 10.3. The van der Waals surface area contributed by atoms with Gasteiger partial charge in [0.05, 0.1) is 12.8 Å². The van der Waals surface area contributed by atoms with Crippen LogP contribution < -0.4 is 10.5 Å². The van der Waals surface area contributed by atoms with Crippen molar-refractivity contribution in [3.63, 3.8) is 0 Å². The van der Waals surface area contributed by atoms with Crippen molar-refractivity contribution in [3.05, 3.63) is 29.3 Å². The lowest BCUT2D eigenvalue weighted by Gasteiger charge is -2.05. The summed E-state index contributed by atoms with van der Waals surface area (Å²) < 4.78 is 6.20. The number of nitrogen functional groups attached to an aromatic ring is 1. The molecule has 1 aromatic heterocycles. The molecule has 0 atom stereocenters. The van der Waals surface area contributed by atoms with Gasteiger partial charge >= 0.3 is 0 Å². The van der Waals surface area contributed by atoms with Gasteiger partial charge in [-0.05, 0) is 25.1 Å². The molecule has 2 aromatic rings. The topological polar surface area (TPSA) is 48.1 Å². The summed E-state index contributed by atoms with van der Waals surface area (Å²) >= 11 is 3.26. The molecule has 5 heteroatoms. The molecule has 84 valence electrons. The van der Waals surface area contributed by atoms with Gasteiger partial charge in [-0.25, -0.2) is 4.98 Å². The molecule has 3 nitrogen and oxygen atoms in total. The van der Waals surface area contributed by atoms with Crippen LogP contribution in [0.1, 0.15) is 5.69 Å². The average molecular weight is 252 g/mol. The van der Waals surface area contributed by atoms with Crippen LogP contribution >= 0.6 is 23.1 Å². The van der Waals surface area contributed by atoms with E-state index in [1.807, 2.05) is 30.5 Å². The minimum atomic E-state index is 0.655. The molecular weight excluding hydrogens is 240 g/mol. The summed E-state index contributed by atoms with van der Waals surface area (Å²) in [5, 5.41) is 2.04. The predicted octanol–water partition coefficient (Wildman–Crippen LogP) is 3.19. The minimum absolute atomic E-state index is 0.655. The molecule has 0 unspecified atom stereocenters. The standard InChI is InChI=1S/C11H12N2OS2/c1-7-6-15-11(13-7)16-8-3-4-9(12)10(5-8)14-2/h3-6H,12H2,1-2H3. The number of anilines is 1. The molecule has 2 rings (SSSR count). The summed E-state index contributed by atoms with van der Waals surface area (Å²) in [5.74, 6) is 0.707. The Balaban J connectivity index is 2.21. The molecule has 0 aliphatic rings. The molecule has 1 aromatic carbocycles. The van der Waals surface area contributed by atoms with Gasteiger partial charge in [-0.3, -0.25) is 0 Å². The highest BCUT2D eigenvalue weighted by molar-refractivity contribution is 8.01. The van der Waals surface area contributed by atoms with Gasteiger partial charge < -0.3 is 10.5 Å². The maximum atomic E-state index is 5.75. The van der Waals surface area contributed by atoms with Crippen molar-refractivity contribution in [2.45, 2.75) is 16.2 Å². The summed E-state index contributed by atoms with van der Waals surface area (Å²) in [5.41, 5.74) is 7.46. The predicted molar refractivity (Wildman–Crippen MR) is 68.4 cm³/mol. The van der Waals surface area contributed by atoms with Crippen LogP contribution in [0.4, 0.5) is 5.69 Å². The summed E-state index contributed by atoms with van der Waals surface area (Å²) in [6, 6.07) is 5.75. The van der Waals surface area contributed by atoms with Gasteiger partial charge in [-0.15, -0.1) is 11.3 Å². The highest BCUT2D eigenvalue weighted by atomic mass is 32.2. The molecule has 2 N–H and O–H groups in total. The SMILES string of the molecule is COc1cc(Sc2nc(C)cs2)ccc1N. The molecule has 0 radical (unpaired) electrons. The fraction of sp³-hybridized carbons (Fsp3) is 0.182. The van der Waals surface area contributed by atoms with E-state index >= 15 is 0 Å². The third-order valence-electron chi connectivity index (χ3n) is 2.01. The second-order valence-corrected chi connectivity index (χ2v) is 5.44. The van der Waals surface area contributed by atoms with E-state index < -0.39 is 0 Å². The maximum absolute atomic E-state index is 5.75. The first-order chi connectivity index (χ1) is 7.69. The summed E-state index contributed by atoms with van der Waals surface area (Å²) in [6.07, 6.45) is 0. The normalized spacial score (nSPS) is 10.4. The van der Waals surface area contributed by atoms with E-state index in [0.717, 1.165) is 14.9 Å². The van der Waals surface area contributed by atoms with Gasteiger partial charge in [0.2, 0.25) is 0 Å². The Morgan fingerprint density at radius 2 is 2.25 bits per heavy atom. The number of thiazole rings is 1. The van der Waals surface area contributed by atoms with E-state index in [0.29, 0.717) is 11.4 Å². The second kappa shape index (κ2) is 4.76. The number of aromatic nitrogens is 1. The summed E-state index contributed by atoms with van der Waals surface area (Å²) in [7, 11) is 1.62. The smallest absolute Gasteiger partial charge is 0.154 e. The van der Waals surface area contributed by atoms with Gasteiger partial charge in [0.15, 0.2) is 4.34 Å². The number of nitrogens with zero attached hydrogens (tertiary/aromatic N) is 1. The zero-order valence-electron chi connectivity index (χ0n) is 9.06. The number of nitrogens with two attached hydrogens (primary N) is 1. The molecule has 0 aliphatic heterocycles. The number of aryl methyl sites for hydroxylation is 1. The van der Waals surface area contributed by atoms with E-state index in [1.54, 1.807) is 30.2 Å². The number of ether oxygens (including phenoxy) is 1. The molecule has 0 saturated carbocycles. The van der Waals surface area contributed by atoms with E-state index in [-0.39, 0.29) is 0 Å². The molecule has 0 bridgehead atoms. The van der Waals surface area contributed by atoms with Gasteiger partial charge in [0, 0.05) is 16.0 Å². The Hall–Kier alpha value is -1.20. The first-order valence-corrected chi connectivity index (χ1v) is 6.42. The van der Waals surface area contributed by atoms with Crippen LogP contribution in [0.5, 0.6) is 5.75 Å². The van der Waals surface area contributed by atoms with E-state index in [9.17, 15) is 0 Å². The van der Waals surface area contributed by atoms with Gasteiger partial charge in [-0.1, -0.05) is 11.8 Å². The molecule has 0 aliphatic carbocycles. The first-order valence-electron chi connectivity index (χ1n) is 4.72. The largest absolute Gasteiger partial charge is 0.495 e. The van der Waals surface area contributed by atoms with Crippen molar-refractivity contribution < 1.29 is 4.74 Å². The summed E-state index contributed by atoms with van der Waals surface area (Å²) in [4.78, 5) is 5.48. The maximum Gasteiger partial charge on any atom is 0.154 e. The van der Waals surface area contributed by atoms with Crippen molar-refractivity contribution in [3.8, 4) is 5.75 Å². The molecular formula is C11H12N2OS2. The monoisotopic (exact) mass is 252 g/mol. The van der Waals surface area contributed by atoms with Crippen molar-refractivity contribution in [1.29, 1.82) is 0 Å². The fourth-order valence-corrected chi connectivity index (χ4v) is 3.07. The number of rotatable bonds is 3. The molecule has 0 spiro atoms. The Morgan fingerprint density at radius 1 is 1.44 bits per heavy atom. The van der Waals surface area contributed by atoms with Crippen LogP contribution in [0.15, 0.2) is 32.8 Å². The van der Waals surface area contributed by atoms with Crippen LogP contribution in [-0.2, 0) is 0 Å². The van der Waals surface area contributed by atoms with Crippen LogP contribution in [0.3, 0.4) is 0 Å². The van der Waals surface area contributed by atoms with E-state index in [2.05, 4.69) is 4.98 Å². The number of benzene rings is 1. The highest BCUT2D eigenvalue weighted by Gasteiger charge is 2.05. The van der Waals surface area contributed by atoms with Crippen LogP contribution in [-0.4, -0.2) is 12.1 Å². The third-order valence-corrected chi connectivity index (χ3v) is 4.05. The lowest BCUT2D eigenvalue weighted by molar-refractivity contribution is 0.416. The van der Waals surface area contributed by atoms with Gasteiger partial charge in [-0.2, -0.15) is 0 Å².